The number of rotatable bonds is 6. The normalized spacial score (nSPS) is 11.4. The zero-order chi connectivity index (χ0) is 19.2. The van der Waals surface area contributed by atoms with Gasteiger partial charge < -0.3 is 20.2 Å². The standard InChI is InChI=1S/C19H18N4O4/c1-2-27-13-9-7-12(8-10-13)20-19(25)17(23-26)11-16-18(24)22-15-6-4-3-5-14(15)21-16/h3-10,26H,2,11H2,1H3,(H,20,25)(H,22,24)/b23-17-. The Labute approximate surface area is 154 Å². The SMILES string of the molecule is CCOc1ccc(NC(=O)/C(Cc2nc3ccccc3[nH]c2=O)=N\O)cc1. The van der Waals surface area contributed by atoms with Gasteiger partial charge in [-0.1, -0.05) is 17.3 Å². The van der Waals surface area contributed by atoms with Crippen LogP contribution < -0.4 is 15.6 Å². The number of aromatic amines is 1. The number of ether oxygens (including phenoxy) is 1. The average Bonchev–Trinajstić information content (AvgIpc) is 2.68. The molecule has 0 aliphatic heterocycles. The van der Waals surface area contributed by atoms with E-state index in [-0.39, 0.29) is 17.8 Å². The van der Waals surface area contributed by atoms with Crippen LogP contribution in [-0.2, 0) is 11.2 Å². The van der Waals surface area contributed by atoms with E-state index in [2.05, 4.69) is 20.4 Å². The lowest BCUT2D eigenvalue weighted by molar-refractivity contribution is -0.110. The average molecular weight is 366 g/mol. The fourth-order valence-corrected chi connectivity index (χ4v) is 2.51. The summed E-state index contributed by atoms with van der Waals surface area (Å²) >= 11 is 0. The van der Waals surface area contributed by atoms with Crippen LogP contribution >= 0.6 is 0 Å². The first-order valence-corrected chi connectivity index (χ1v) is 8.33. The number of para-hydroxylation sites is 2. The van der Waals surface area contributed by atoms with E-state index in [1.807, 2.05) is 6.92 Å². The molecule has 0 atom stereocenters. The minimum atomic E-state index is -0.629. The van der Waals surface area contributed by atoms with Gasteiger partial charge in [-0.2, -0.15) is 0 Å². The first-order chi connectivity index (χ1) is 13.1. The first kappa shape index (κ1) is 18.1. The van der Waals surface area contributed by atoms with Crippen molar-refractivity contribution in [2.75, 3.05) is 11.9 Å². The van der Waals surface area contributed by atoms with E-state index in [1.165, 1.54) is 0 Å². The molecule has 8 heteroatoms. The smallest absolute Gasteiger partial charge is 0.273 e. The summed E-state index contributed by atoms with van der Waals surface area (Å²) in [4.78, 5) is 31.5. The Kier molecular flexibility index (Phi) is 5.46. The Hall–Kier alpha value is -3.68. The number of benzene rings is 2. The van der Waals surface area contributed by atoms with Crippen molar-refractivity contribution in [1.29, 1.82) is 0 Å². The maximum absolute atomic E-state index is 12.4. The number of nitrogens with one attached hydrogen (secondary N) is 2. The summed E-state index contributed by atoms with van der Waals surface area (Å²) in [6.45, 7) is 2.42. The molecule has 0 radical (unpaired) electrons. The summed E-state index contributed by atoms with van der Waals surface area (Å²) in [7, 11) is 0. The maximum Gasteiger partial charge on any atom is 0.273 e. The highest BCUT2D eigenvalue weighted by Gasteiger charge is 2.17. The van der Waals surface area contributed by atoms with Crippen LogP contribution in [0.3, 0.4) is 0 Å². The van der Waals surface area contributed by atoms with Crippen LogP contribution in [0.15, 0.2) is 58.5 Å². The number of oxime groups is 1. The molecule has 138 valence electrons. The predicted molar refractivity (Wildman–Crippen MR) is 102 cm³/mol. The van der Waals surface area contributed by atoms with E-state index in [4.69, 9.17) is 4.74 Å². The zero-order valence-electron chi connectivity index (χ0n) is 14.6. The van der Waals surface area contributed by atoms with Crippen molar-refractivity contribution >= 4 is 28.3 Å². The molecule has 0 bridgehead atoms. The number of carbonyl (C=O) groups is 1. The fraction of sp³-hybridized carbons (Fsp3) is 0.158. The lowest BCUT2D eigenvalue weighted by atomic mass is 10.2. The number of H-pyrrole nitrogens is 1. The lowest BCUT2D eigenvalue weighted by Crippen LogP contribution is -2.28. The van der Waals surface area contributed by atoms with Gasteiger partial charge in [-0.15, -0.1) is 0 Å². The number of amides is 1. The molecular weight excluding hydrogens is 348 g/mol. The molecule has 1 heterocycles. The Bertz CT molecular complexity index is 1040. The third kappa shape index (κ3) is 4.30. The lowest BCUT2D eigenvalue weighted by Gasteiger charge is -2.08. The van der Waals surface area contributed by atoms with Crippen molar-refractivity contribution in [3.63, 3.8) is 0 Å². The van der Waals surface area contributed by atoms with Gasteiger partial charge in [-0.25, -0.2) is 4.98 Å². The third-order valence-corrected chi connectivity index (χ3v) is 3.81. The van der Waals surface area contributed by atoms with Crippen molar-refractivity contribution in [2.24, 2.45) is 5.16 Å². The molecule has 0 unspecified atom stereocenters. The second-order valence-corrected chi connectivity index (χ2v) is 5.66. The van der Waals surface area contributed by atoms with Gasteiger partial charge in [0.05, 0.1) is 17.6 Å². The molecule has 0 fully saturated rings. The van der Waals surface area contributed by atoms with E-state index < -0.39 is 11.5 Å². The number of anilines is 1. The number of aromatic nitrogens is 2. The summed E-state index contributed by atoms with van der Waals surface area (Å²) in [6, 6.07) is 13.8. The van der Waals surface area contributed by atoms with Crippen LogP contribution in [0.2, 0.25) is 0 Å². The second kappa shape index (κ2) is 8.13. The highest BCUT2D eigenvalue weighted by Crippen LogP contribution is 2.15. The molecule has 8 nitrogen and oxygen atoms in total. The van der Waals surface area contributed by atoms with E-state index in [0.29, 0.717) is 29.1 Å². The van der Waals surface area contributed by atoms with Gasteiger partial charge in [-0.3, -0.25) is 9.59 Å². The van der Waals surface area contributed by atoms with Gasteiger partial charge in [0.2, 0.25) is 0 Å². The molecule has 2 aromatic carbocycles. The third-order valence-electron chi connectivity index (χ3n) is 3.81. The van der Waals surface area contributed by atoms with Crippen molar-refractivity contribution in [3.8, 4) is 5.75 Å². The minimum Gasteiger partial charge on any atom is -0.494 e. The maximum atomic E-state index is 12.4. The highest BCUT2D eigenvalue weighted by atomic mass is 16.5. The second-order valence-electron chi connectivity index (χ2n) is 5.66. The topological polar surface area (TPSA) is 117 Å². The zero-order valence-corrected chi connectivity index (χ0v) is 14.6. The molecule has 27 heavy (non-hydrogen) atoms. The summed E-state index contributed by atoms with van der Waals surface area (Å²) in [5.74, 6) is 0.0504. The van der Waals surface area contributed by atoms with Crippen LogP contribution in [0.25, 0.3) is 11.0 Å². The van der Waals surface area contributed by atoms with Crippen molar-refractivity contribution in [2.45, 2.75) is 13.3 Å². The summed E-state index contributed by atoms with van der Waals surface area (Å²) in [5, 5.41) is 14.9. The van der Waals surface area contributed by atoms with E-state index in [9.17, 15) is 14.8 Å². The van der Waals surface area contributed by atoms with Crippen LogP contribution in [0, 0.1) is 0 Å². The summed E-state index contributed by atoms with van der Waals surface area (Å²) < 4.78 is 5.34. The first-order valence-electron chi connectivity index (χ1n) is 8.33. The molecule has 0 aliphatic rings. The molecule has 0 spiro atoms. The Morgan fingerprint density at radius 1 is 1.22 bits per heavy atom. The van der Waals surface area contributed by atoms with E-state index in [1.54, 1.807) is 48.5 Å². The fourth-order valence-electron chi connectivity index (χ4n) is 2.51. The molecule has 0 aliphatic carbocycles. The van der Waals surface area contributed by atoms with Gasteiger partial charge in [0.1, 0.15) is 11.4 Å². The van der Waals surface area contributed by atoms with Crippen LogP contribution in [0.4, 0.5) is 5.69 Å². The predicted octanol–water partition coefficient (Wildman–Crippen LogP) is 2.33. The molecule has 1 aromatic heterocycles. The van der Waals surface area contributed by atoms with Crippen LogP contribution in [0.1, 0.15) is 12.6 Å². The number of hydrogen-bond acceptors (Lipinski definition) is 6. The van der Waals surface area contributed by atoms with E-state index in [0.717, 1.165) is 0 Å². The number of fused-ring (bicyclic) bond motifs is 1. The van der Waals surface area contributed by atoms with Gasteiger partial charge in [0, 0.05) is 12.1 Å². The van der Waals surface area contributed by atoms with Gasteiger partial charge in [0.25, 0.3) is 11.5 Å². The summed E-state index contributed by atoms with van der Waals surface area (Å²) in [5.41, 5.74) is 1.10. The largest absolute Gasteiger partial charge is 0.494 e. The Morgan fingerprint density at radius 2 is 1.96 bits per heavy atom. The minimum absolute atomic E-state index is 0.0864. The van der Waals surface area contributed by atoms with Crippen molar-refractivity contribution in [3.05, 3.63) is 64.6 Å². The molecule has 1 amide bonds. The Balaban J connectivity index is 1.76. The molecular formula is C19H18N4O4. The molecule has 0 saturated carbocycles. The quantitative estimate of drug-likeness (QED) is 0.352. The number of hydrogen-bond donors (Lipinski definition) is 3. The van der Waals surface area contributed by atoms with E-state index >= 15 is 0 Å². The number of nitrogens with zero attached hydrogens (tertiary/aromatic N) is 2. The van der Waals surface area contributed by atoms with Crippen molar-refractivity contribution < 1.29 is 14.7 Å². The molecule has 3 aromatic rings. The van der Waals surface area contributed by atoms with Gasteiger partial charge in [-0.05, 0) is 43.3 Å². The molecule has 3 rings (SSSR count). The van der Waals surface area contributed by atoms with Crippen LogP contribution in [-0.4, -0.2) is 33.4 Å². The highest BCUT2D eigenvalue weighted by molar-refractivity contribution is 6.43. The monoisotopic (exact) mass is 366 g/mol. The van der Waals surface area contributed by atoms with Gasteiger partial charge >= 0.3 is 0 Å². The Morgan fingerprint density at radius 3 is 2.67 bits per heavy atom. The van der Waals surface area contributed by atoms with Crippen molar-refractivity contribution in [1.82, 2.24) is 9.97 Å². The van der Waals surface area contributed by atoms with Gasteiger partial charge in [0.15, 0.2) is 5.71 Å². The molecule has 0 saturated heterocycles. The molecule has 3 N–H and O–H groups in total. The van der Waals surface area contributed by atoms with Crippen LogP contribution in [0.5, 0.6) is 5.75 Å². The number of carbonyl (C=O) groups excluding carboxylic acids is 1. The summed E-state index contributed by atoms with van der Waals surface area (Å²) in [6.07, 6.45) is -0.209.